The zero-order valence-electron chi connectivity index (χ0n) is 13.8. The van der Waals surface area contributed by atoms with E-state index < -0.39 is 0 Å². The van der Waals surface area contributed by atoms with Crippen molar-refractivity contribution < 1.29 is 19.1 Å². The molecule has 3 heterocycles. The predicted molar refractivity (Wildman–Crippen MR) is 97.5 cm³/mol. The summed E-state index contributed by atoms with van der Waals surface area (Å²) < 4.78 is 5.62. The van der Waals surface area contributed by atoms with Crippen LogP contribution in [0.4, 0.5) is 4.79 Å². The summed E-state index contributed by atoms with van der Waals surface area (Å²) in [4.78, 5) is 46.8. The lowest BCUT2D eigenvalue weighted by atomic mass is 10.2. The van der Waals surface area contributed by atoms with Gasteiger partial charge in [-0.15, -0.1) is 11.3 Å². The Labute approximate surface area is 157 Å². The molecule has 0 atom stereocenters. The van der Waals surface area contributed by atoms with Gasteiger partial charge in [0, 0.05) is 18.0 Å². The zero-order chi connectivity index (χ0) is 18.1. The van der Waals surface area contributed by atoms with Gasteiger partial charge in [0.15, 0.2) is 6.61 Å². The Morgan fingerprint density at radius 2 is 2.19 bits per heavy atom. The molecule has 26 heavy (non-hydrogen) atoms. The molecular weight excluding hydrogens is 376 g/mol. The van der Waals surface area contributed by atoms with Gasteiger partial charge in [0.1, 0.15) is 11.2 Å². The van der Waals surface area contributed by atoms with Crippen molar-refractivity contribution in [3.05, 3.63) is 16.8 Å². The molecule has 0 unspecified atom stereocenters. The fraction of sp³-hybridized carbons (Fsp3) is 0.438. The smallest absolute Gasteiger partial charge is 0.288 e. The number of carbonyl (C=O) groups is 3. The lowest BCUT2D eigenvalue weighted by Gasteiger charge is -2.13. The zero-order valence-corrected chi connectivity index (χ0v) is 15.5. The molecule has 0 saturated carbocycles. The molecule has 0 bridgehead atoms. The van der Waals surface area contributed by atoms with Crippen molar-refractivity contribution in [2.24, 2.45) is 0 Å². The summed E-state index contributed by atoms with van der Waals surface area (Å²) in [6.45, 7) is 0.201. The maximum atomic E-state index is 12.0. The minimum Gasteiger partial charge on any atom is -0.467 e. The van der Waals surface area contributed by atoms with E-state index in [0.29, 0.717) is 5.88 Å². The molecule has 136 valence electrons. The van der Waals surface area contributed by atoms with Crippen LogP contribution in [0.25, 0.3) is 10.2 Å². The standard InChI is InChI=1S/C16H16N4O4S2/c21-11(17-4-5-20-12(22)7-25-16(20)23)6-24-14-13-9-2-1-3-10(9)26-15(13)19-8-18-14/h8H,1-7H2,(H,17,21). The van der Waals surface area contributed by atoms with Gasteiger partial charge in [-0.25, -0.2) is 9.97 Å². The first kappa shape index (κ1) is 17.2. The maximum Gasteiger partial charge on any atom is 0.288 e. The van der Waals surface area contributed by atoms with Crippen molar-refractivity contribution in [2.75, 3.05) is 25.4 Å². The quantitative estimate of drug-likeness (QED) is 0.792. The molecule has 0 aromatic carbocycles. The Morgan fingerprint density at radius 1 is 1.31 bits per heavy atom. The summed E-state index contributed by atoms with van der Waals surface area (Å²) in [6.07, 6.45) is 4.62. The van der Waals surface area contributed by atoms with Crippen molar-refractivity contribution in [3.8, 4) is 5.88 Å². The van der Waals surface area contributed by atoms with Gasteiger partial charge in [0.05, 0.1) is 11.1 Å². The Kier molecular flexibility index (Phi) is 4.77. The monoisotopic (exact) mass is 392 g/mol. The Hall–Kier alpha value is -2.20. The molecule has 3 amide bonds. The summed E-state index contributed by atoms with van der Waals surface area (Å²) in [6, 6.07) is 0. The van der Waals surface area contributed by atoms with Gasteiger partial charge < -0.3 is 10.1 Å². The Morgan fingerprint density at radius 3 is 3.00 bits per heavy atom. The van der Waals surface area contributed by atoms with Crippen LogP contribution in [0.3, 0.4) is 0 Å². The van der Waals surface area contributed by atoms with Gasteiger partial charge in [-0.05, 0) is 24.8 Å². The predicted octanol–water partition coefficient (Wildman–Crippen LogP) is 1.37. The third kappa shape index (κ3) is 3.26. The minimum absolute atomic E-state index is 0.171. The summed E-state index contributed by atoms with van der Waals surface area (Å²) in [5, 5.41) is 3.31. The molecular formula is C16H16N4O4S2. The average molecular weight is 392 g/mol. The van der Waals surface area contributed by atoms with E-state index in [2.05, 4.69) is 15.3 Å². The highest BCUT2D eigenvalue weighted by Crippen LogP contribution is 2.39. The van der Waals surface area contributed by atoms with Crippen molar-refractivity contribution in [3.63, 3.8) is 0 Å². The van der Waals surface area contributed by atoms with Crippen LogP contribution in [0.5, 0.6) is 5.88 Å². The fourth-order valence-corrected chi connectivity index (χ4v) is 5.07. The van der Waals surface area contributed by atoms with Crippen molar-refractivity contribution in [2.45, 2.75) is 19.3 Å². The van der Waals surface area contributed by atoms with Crippen LogP contribution in [0, 0.1) is 0 Å². The lowest BCUT2D eigenvalue weighted by Crippen LogP contribution is -2.39. The van der Waals surface area contributed by atoms with Crippen LogP contribution in [0.2, 0.25) is 0 Å². The van der Waals surface area contributed by atoms with E-state index in [-0.39, 0.29) is 42.5 Å². The number of carbonyl (C=O) groups excluding carboxylic acids is 3. The van der Waals surface area contributed by atoms with Crippen LogP contribution in [-0.2, 0) is 22.4 Å². The number of thioether (sulfide) groups is 1. The van der Waals surface area contributed by atoms with E-state index in [4.69, 9.17) is 4.74 Å². The molecule has 2 aromatic heterocycles. The topological polar surface area (TPSA) is 101 Å². The number of nitrogens with one attached hydrogen (secondary N) is 1. The number of aryl methyl sites for hydroxylation is 2. The highest BCUT2D eigenvalue weighted by Gasteiger charge is 2.29. The van der Waals surface area contributed by atoms with Crippen molar-refractivity contribution >= 4 is 50.4 Å². The van der Waals surface area contributed by atoms with Crippen molar-refractivity contribution in [1.82, 2.24) is 20.2 Å². The second kappa shape index (κ2) is 7.20. The maximum absolute atomic E-state index is 12.0. The number of aromatic nitrogens is 2. The van der Waals surface area contributed by atoms with Crippen molar-refractivity contribution in [1.29, 1.82) is 0 Å². The average Bonchev–Trinajstić information content (AvgIpc) is 3.29. The number of ether oxygens (including phenoxy) is 1. The van der Waals surface area contributed by atoms with E-state index in [1.165, 1.54) is 16.8 Å². The van der Waals surface area contributed by atoms with E-state index in [1.807, 2.05) is 0 Å². The Balaban J connectivity index is 1.33. The van der Waals surface area contributed by atoms with E-state index in [1.54, 1.807) is 11.3 Å². The molecule has 10 heteroatoms. The molecule has 2 aliphatic rings. The summed E-state index contributed by atoms with van der Waals surface area (Å²) in [5.74, 6) is 0.0614. The third-order valence-corrected chi connectivity index (χ3v) is 6.36. The lowest BCUT2D eigenvalue weighted by molar-refractivity contribution is -0.126. The number of hydrogen-bond acceptors (Lipinski definition) is 8. The normalized spacial score (nSPS) is 16.4. The molecule has 0 radical (unpaired) electrons. The SMILES string of the molecule is O=C(COc1ncnc2sc3c(c12)CCC3)NCCN1C(=O)CSC1=O. The third-order valence-electron chi connectivity index (χ3n) is 4.30. The van der Waals surface area contributed by atoms with Gasteiger partial charge in [0.25, 0.3) is 11.1 Å². The highest BCUT2D eigenvalue weighted by atomic mass is 32.2. The Bertz CT molecular complexity index is 882. The first-order valence-corrected chi connectivity index (χ1v) is 10.1. The van der Waals surface area contributed by atoms with Crippen LogP contribution in [-0.4, -0.2) is 57.4 Å². The molecule has 8 nitrogen and oxygen atoms in total. The number of fused-ring (bicyclic) bond motifs is 3. The molecule has 1 N–H and O–H groups in total. The number of thiophene rings is 1. The largest absolute Gasteiger partial charge is 0.467 e. The van der Waals surface area contributed by atoms with Crippen LogP contribution < -0.4 is 10.1 Å². The summed E-state index contributed by atoms with van der Waals surface area (Å²) >= 11 is 2.64. The molecule has 0 spiro atoms. The van der Waals surface area contributed by atoms with Gasteiger partial charge in [-0.2, -0.15) is 0 Å². The van der Waals surface area contributed by atoms with Gasteiger partial charge in [0.2, 0.25) is 11.8 Å². The van der Waals surface area contributed by atoms with E-state index in [0.717, 1.165) is 46.1 Å². The summed E-state index contributed by atoms with van der Waals surface area (Å²) in [5.41, 5.74) is 1.24. The molecule has 4 rings (SSSR count). The van der Waals surface area contributed by atoms with E-state index >= 15 is 0 Å². The second-order valence-corrected chi connectivity index (χ2v) is 7.97. The molecule has 2 aromatic rings. The molecule has 1 aliphatic heterocycles. The number of hydrogen-bond donors (Lipinski definition) is 1. The molecule has 1 saturated heterocycles. The number of nitrogens with zero attached hydrogens (tertiary/aromatic N) is 3. The van der Waals surface area contributed by atoms with Crippen LogP contribution in [0.1, 0.15) is 16.9 Å². The summed E-state index contributed by atoms with van der Waals surface area (Å²) in [7, 11) is 0. The number of rotatable bonds is 6. The van der Waals surface area contributed by atoms with E-state index in [9.17, 15) is 14.4 Å². The van der Waals surface area contributed by atoms with Crippen LogP contribution >= 0.6 is 23.1 Å². The second-order valence-electron chi connectivity index (χ2n) is 5.95. The first-order chi connectivity index (χ1) is 12.6. The van der Waals surface area contributed by atoms with Gasteiger partial charge in [-0.1, -0.05) is 11.8 Å². The minimum atomic E-state index is -0.324. The number of amides is 3. The first-order valence-electron chi connectivity index (χ1n) is 8.25. The van der Waals surface area contributed by atoms with Crippen LogP contribution in [0.15, 0.2) is 6.33 Å². The highest BCUT2D eigenvalue weighted by molar-refractivity contribution is 8.14. The molecule has 1 fully saturated rings. The number of imide groups is 1. The fourth-order valence-electron chi connectivity index (χ4n) is 3.10. The van der Waals surface area contributed by atoms with Gasteiger partial charge in [-0.3, -0.25) is 19.3 Å². The molecule has 1 aliphatic carbocycles. The van der Waals surface area contributed by atoms with Gasteiger partial charge >= 0.3 is 0 Å².